The van der Waals surface area contributed by atoms with Gasteiger partial charge >= 0.3 is 0 Å². The number of aliphatic hydroxyl groups excluding tert-OH is 1. The highest BCUT2D eigenvalue weighted by molar-refractivity contribution is 5.93. The number of carbonyl (C=O) groups excluding carboxylic acids is 1. The molecule has 2 aromatic rings. The molecule has 21 heavy (non-hydrogen) atoms. The molecule has 7 nitrogen and oxygen atoms in total. The van der Waals surface area contributed by atoms with E-state index in [0.29, 0.717) is 24.3 Å². The summed E-state index contributed by atoms with van der Waals surface area (Å²) in [5.41, 5.74) is 0.472. The Morgan fingerprint density at radius 1 is 1.52 bits per heavy atom. The number of pyridine rings is 1. The number of nitrogens with zero attached hydrogens (tertiary/aromatic N) is 3. The van der Waals surface area contributed by atoms with Gasteiger partial charge < -0.3 is 15.2 Å². The van der Waals surface area contributed by atoms with Gasteiger partial charge in [0.05, 0.1) is 18.3 Å². The summed E-state index contributed by atoms with van der Waals surface area (Å²) in [5, 5.41) is 12.2. The molecule has 1 unspecified atom stereocenters. The third-order valence-electron chi connectivity index (χ3n) is 2.90. The van der Waals surface area contributed by atoms with Crippen LogP contribution in [0.1, 0.15) is 16.8 Å². The van der Waals surface area contributed by atoms with Gasteiger partial charge in [-0.15, -0.1) is 0 Å². The Balaban J connectivity index is 1.85. The highest BCUT2D eigenvalue weighted by atomic mass is 16.5. The van der Waals surface area contributed by atoms with Gasteiger partial charge in [0.2, 0.25) is 0 Å². The van der Waals surface area contributed by atoms with Crippen molar-refractivity contribution in [1.82, 2.24) is 19.9 Å². The summed E-state index contributed by atoms with van der Waals surface area (Å²) >= 11 is 0. The number of amides is 1. The fourth-order valence-corrected chi connectivity index (χ4v) is 1.80. The molecule has 2 N–H and O–H groups in total. The van der Waals surface area contributed by atoms with Crippen LogP contribution < -0.4 is 5.32 Å². The largest absolute Gasteiger partial charge is 0.391 e. The number of hydrogen-bond acceptors (Lipinski definition) is 5. The number of methoxy groups -OCH3 is 1. The molecule has 0 saturated carbocycles. The number of ether oxygens (including phenoxy) is 1. The number of hydrogen-bond donors (Lipinski definition) is 2. The van der Waals surface area contributed by atoms with E-state index < -0.39 is 6.10 Å². The molecular weight excluding hydrogens is 272 g/mol. The quantitative estimate of drug-likeness (QED) is 0.770. The second kappa shape index (κ2) is 7.51. The van der Waals surface area contributed by atoms with Crippen molar-refractivity contribution < 1.29 is 14.6 Å². The number of aromatic nitrogens is 3. The van der Waals surface area contributed by atoms with Gasteiger partial charge in [-0.3, -0.25) is 9.36 Å². The van der Waals surface area contributed by atoms with Crippen LogP contribution in [-0.2, 0) is 4.74 Å². The molecule has 0 aromatic carbocycles. The minimum Gasteiger partial charge on any atom is -0.391 e. The number of carbonyl (C=O) groups is 1. The predicted molar refractivity (Wildman–Crippen MR) is 76.2 cm³/mol. The summed E-state index contributed by atoms with van der Waals surface area (Å²) < 4.78 is 6.57. The Labute approximate surface area is 122 Å². The van der Waals surface area contributed by atoms with Gasteiger partial charge in [-0.1, -0.05) is 0 Å². The molecule has 1 atom stereocenters. The van der Waals surface area contributed by atoms with Crippen LogP contribution in [0.3, 0.4) is 0 Å². The highest BCUT2D eigenvalue weighted by Gasteiger charge is 2.08. The van der Waals surface area contributed by atoms with Crippen LogP contribution in [-0.4, -0.2) is 51.9 Å². The Kier molecular flexibility index (Phi) is 5.42. The van der Waals surface area contributed by atoms with Crippen molar-refractivity contribution in [3.8, 4) is 5.82 Å². The molecule has 2 heterocycles. The molecule has 0 aliphatic carbocycles. The first-order valence-electron chi connectivity index (χ1n) is 6.60. The number of nitrogens with one attached hydrogen (secondary N) is 1. The molecular formula is C14H18N4O3. The van der Waals surface area contributed by atoms with Crippen LogP contribution >= 0.6 is 0 Å². The van der Waals surface area contributed by atoms with Crippen molar-refractivity contribution in [2.45, 2.75) is 12.5 Å². The lowest BCUT2D eigenvalue weighted by molar-refractivity contribution is 0.0587. The van der Waals surface area contributed by atoms with E-state index >= 15 is 0 Å². The van der Waals surface area contributed by atoms with Crippen LogP contribution in [0.25, 0.3) is 5.82 Å². The lowest BCUT2D eigenvalue weighted by Gasteiger charge is -2.10. The summed E-state index contributed by atoms with van der Waals surface area (Å²) in [6.07, 6.45) is 6.46. The second-order valence-electron chi connectivity index (χ2n) is 4.53. The second-order valence-corrected chi connectivity index (χ2v) is 4.53. The standard InChI is InChI=1S/C14H18N4O3/c1-21-9-12(19)4-5-16-14(20)11-2-3-13(17-8-11)18-7-6-15-10-18/h2-3,6-8,10,12,19H,4-5,9H2,1H3,(H,16,20). The minimum absolute atomic E-state index is 0.218. The Morgan fingerprint density at radius 2 is 2.38 bits per heavy atom. The maximum absolute atomic E-state index is 11.9. The minimum atomic E-state index is -0.572. The van der Waals surface area contributed by atoms with Crippen molar-refractivity contribution in [3.05, 3.63) is 42.6 Å². The highest BCUT2D eigenvalue weighted by Crippen LogP contribution is 2.05. The van der Waals surface area contributed by atoms with Gasteiger partial charge in [-0.25, -0.2) is 9.97 Å². The molecule has 0 spiro atoms. The van der Waals surface area contributed by atoms with E-state index in [2.05, 4.69) is 15.3 Å². The Hall–Kier alpha value is -2.25. The number of aliphatic hydroxyl groups is 1. The van der Waals surface area contributed by atoms with Gasteiger partial charge in [-0.05, 0) is 18.6 Å². The van der Waals surface area contributed by atoms with Crippen LogP contribution in [0.15, 0.2) is 37.1 Å². The Bertz CT molecular complexity index is 554. The zero-order valence-corrected chi connectivity index (χ0v) is 11.8. The first-order chi connectivity index (χ1) is 10.2. The summed E-state index contributed by atoms with van der Waals surface area (Å²) in [6.45, 7) is 0.643. The average Bonchev–Trinajstić information content (AvgIpc) is 3.02. The van der Waals surface area contributed by atoms with E-state index in [1.54, 1.807) is 35.4 Å². The first kappa shape index (κ1) is 15.1. The van der Waals surface area contributed by atoms with E-state index in [9.17, 15) is 9.90 Å². The molecule has 2 rings (SSSR count). The number of imidazole rings is 1. The van der Waals surface area contributed by atoms with Crippen LogP contribution in [0.5, 0.6) is 0 Å². The maximum atomic E-state index is 11.9. The lowest BCUT2D eigenvalue weighted by Crippen LogP contribution is -2.28. The van der Waals surface area contributed by atoms with E-state index in [1.165, 1.54) is 13.3 Å². The maximum Gasteiger partial charge on any atom is 0.252 e. The smallest absolute Gasteiger partial charge is 0.252 e. The van der Waals surface area contributed by atoms with Crippen molar-refractivity contribution in [1.29, 1.82) is 0 Å². The van der Waals surface area contributed by atoms with Gasteiger partial charge in [-0.2, -0.15) is 0 Å². The zero-order chi connectivity index (χ0) is 15.1. The summed E-state index contributed by atoms with van der Waals surface area (Å²) in [4.78, 5) is 20.0. The van der Waals surface area contributed by atoms with Gasteiger partial charge in [0, 0.05) is 32.2 Å². The molecule has 0 aliphatic rings. The summed E-state index contributed by atoms with van der Waals surface area (Å²) in [7, 11) is 1.52. The fourth-order valence-electron chi connectivity index (χ4n) is 1.80. The van der Waals surface area contributed by atoms with Crippen LogP contribution in [0.2, 0.25) is 0 Å². The van der Waals surface area contributed by atoms with E-state index in [-0.39, 0.29) is 12.5 Å². The molecule has 2 aromatic heterocycles. The average molecular weight is 290 g/mol. The molecule has 112 valence electrons. The molecule has 1 amide bonds. The molecule has 0 aliphatic heterocycles. The monoisotopic (exact) mass is 290 g/mol. The van der Waals surface area contributed by atoms with Gasteiger partial charge in [0.15, 0.2) is 0 Å². The summed E-state index contributed by atoms with van der Waals surface area (Å²) in [6, 6.07) is 3.44. The molecule has 0 fully saturated rings. The molecule has 0 saturated heterocycles. The normalized spacial score (nSPS) is 12.1. The zero-order valence-electron chi connectivity index (χ0n) is 11.8. The van der Waals surface area contributed by atoms with Gasteiger partial charge in [0.25, 0.3) is 5.91 Å². The van der Waals surface area contributed by atoms with Crippen LogP contribution in [0, 0.1) is 0 Å². The first-order valence-corrected chi connectivity index (χ1v) is 6.60. The topological polar surface area (TPSA) is 89.3 Å². The van der Waals surface area contributed by atoms with E-state index in [4.69, 9.17) is 4.74 Å². The van der Waals surface area contributed by atoms with Gasteiger partial charge in [0.1, 0.15) is 12.1 Å². The molecule has 7 heteroatoms. The Morgan fingerprint density at radius 3 is 3.00 bits per heavy atom. The van der Waals surface area contributed by atoms with Crippen molar-refractivity contribution in [2.24, 2.45) is 0 Å². The molecule has 0 bridgehead atoms. The SMILES string of the molecule is COCC(O)CCNC(=O)c1ccc(-n2ccnc2)nc1. The lowest BCUT2D eigenvalue weighted by atomic mass is 10.2. The number of rotatable bonds is 7. The van der Waals surface area contributed by atoms with Crippen LogP contribution in [0.4, 0.5) is 0 Å². The summed E-state index contributed by atoms with van der Waals surface area (Å²) in [5.74, 6) is 0.476. The van der Waals surface area contributed by atoms with E-state index in [1.807, 2.05) is 0 Å². The van der Waals surface area contributed by atoms with Crippen molar-refractivity contribution >= 4 is 5.91 Å². The van der Waals surface area contributed by atoms with Crippen molar-refractivity contribution in [3.63, 3.8) is 0 Å². The van der Waals surface area contributed by atoms with Crippen molar-refractivity contribution in [2.75, 3.05) is 20.3 Å². The third kappa shape index (κ3) is 4.37. The van der Waals surface area contributed by atoms with E-state index in [0.717, 1.165) is 0 Å². The predicted octanol–water partition coefficient (Wildman–Crippen LogP) is 0.394. The third-order valence-corrected chi connectivity index (χ3v) is 2.90. The molecule has 0 radical (unpaired) electrons. The fraction of sp³-hybridized carbons (Fsp3) is 0.357.